The molecule has 1 aromatic heterocycles. The molecule has 0 aliphatic heterocycles. The molecule has 3 nitrogen and oxygen atoms in total. The van der Waals surface area contributed by atoms with Gasteiger partial charge in [0.25, 0.3) is 0 Å². The Morgan fingerprint density at radius 2 is 2.29 bits per heavy atom. The fraction of sp³-hybridized carbons (Fsp3) is 0.308. The van der Waals surface area contributed by atoms with Crippen molar-refractivity contribution in [2.45, 2.75) is 19.9 Å². The summed E-state index contributed by atoms with van der Waals surface area (Å²) in [7, 11) is 0. The van der Waals surface area contributed by atoms with Crippen LogP contribution < -0.4 is 5.73 Å². The van der Waals surface area contributed by atoms with Gasteiger partial charge in [-0.05, 0) is 31.7 Å². The lowest BCUT2D eigenvalue weighted by molar-refractivity contribution is 0.727. The maximum atomic E-state index is 5.97. The van der Waals surface area contributed by atoms with E-state index in [1.54, 1.807) is 0 Å². The molecule has 0 unspecified atom stereocenters. The molecule has 2 aromatic rings. The Bertz CT molecular complexity index is 557. The Hall–Kier alpha value is -1.32. The van der Waals surface area contributed by atoms with Crippen LogP contribution in [-0.4, -0.2) is 16.1 Å². The second-order valence-electron chi connectivity index (χ2n) is 4.24. The van der Waals surface area contributed by atoms with Gasteiger partial charge in [0.2, 0.25) is 0 Å². The number of rotatable bonds is 4. The van der Waals surface area contributed by atoms with Crippen molar-refractivity contribution in [3.63, 3.8) is 0 Å². The highest BCUT2D eigenvalue weighted by atomic mass is 35.5. The maximum Gasteiger partial charge on any atom is 0.111 e. The first-order valence-corrected chi connectivity index (χ1v) is 5.98. The number of nitrogens with two attached hydrogens (primary N) is 1. The highest BCUT2D eigenvalue weighted by Gasteiger charge is 2.10. The van der Waals surface area contributed by atoms with Crippen LogP contribution in [-0.2, 0) is 13.0 Å². The van der Waals surface area contributed by atoms with Gasteiger partial charge >= 0.3 is 0 Å². The molecule has 0 aliphatic rings. The number of nitrogens with zero attached hydrogens (tertiary/aromatic N) is 2. The molecular weight excluding hydrogens is 234 g/mol. The SMILES string of the molecule is C=C(C)Cn1c(CCN)nc2cc(Cl)ccc21. The Morgan fingerprint density at radius 1 is 1.53 bits per heavy atom. The van der Waals surface area contributed by atoms with E-state index in [1.165, 1.54) is 0 Å². The molecule has 0 saturated carbocycles. The summed E-state index contributed by atoms with van der Waals surface area (Å²) in [6, 6.07) is 5.76. The molecule has 0 radical (unpaired) electrons. The highest BCUT2D eigenvalue weighted by molar-refractivity contribution is 6.31. The lowest BCUT2D eigenvalue weighted by atomic mass is 10.3. The molecule has 0 atom stereocenters. The summed E-state index contributed by atoms with van der Waals surface area (Å²) in [4.78, 5) is 4.57. The number of hydrogen-bond acceptors (Lipinski definition) is 2. The van der Waals surface area contributed by atoms with E-state index in [0.29, 0.717) is 11.6 Å². The van der Waals surface area contributed by atoms with Crippen molar-refractivity contribution in [2.75, 3.05) is 6.54 Å². The van der Waals surface area contributed by atoms with Crippen molar-refractivity contribution in [3.8, 4) is 0 Å². The lowest BCUT2D eigenvalue weighted by Crippen LogP contribution is -2.10. The molecule has 0 saturated heterocycles. The largest absolute Gasteiger partial charge is 0.330 e. The first-order valence-electron chi connectivity index (χ1n) is 5.61. The quantitative estimate of drug-likeness (QED) is 0.847. The normalized spacial score (nSPS) is 11.0. The fourth-order valence-corrected chi connectivity index (χ4v) is 2.09. The van der Waals surface area contributed by atoms with E-state index in [-0.39, 0.29) is 0 Å². The Balaban J connectivity index is 2.57. The number of aromatic nitrogens is 2. The van der Waals surface area contributed by atoms with Gasteiger partial charge in [-0.1, -0.05) is 23.8 Å². The fourth-order valence-electron chi connectivity index (χ4n) is 1.92. The average Bonchev–Trinajstić information content (AvgIpc) is 2.56. The van der Waals surface area contributed by atoms with Crippen LogP contribution in [0, 0.1) is 0 Å². The minimum atomic E-state index is 0.591. The molecule has 2 N–H and O–H groups in total. The van der Waals surface area contributed by atoms with Gasteiger partial charge in [-0.2, -0.15) is 0 Å². The minimum absolute atomic E-state index is 0.591. The zero-order chi connectivity index (χ0) is 12.4. The predicted molar refractivity (Wildman–Crippen MR) is 72.3 cm³/mol. The number of benzene rings is 1. The third kappa shape index (κ3) is 2.51. The summed E-state index contributed by atoms with van der Waals surface area (Å²) in [5.41, 5.74) is 8.71. The number of fused-ring (bicyclic) bond motifs is 1. The van der Waals surface area contributed by atoms with Gasteiger partial charge in [0.05, 0.1) is 11.0 Å². The topological polar surface area (TPSA) is 43.8 Å². The molecule has 4 heteroatoms. The number of imidazole rings is 1. The van der Waals surface area contributed by atoms with Gasteiger partial charge in [0, 0.05) is 18.0 Å². The van der Waals surface area contributed by atoms with Crippen LogP contribution in [0.3, 0.4) is 0 Å². The van der Waals surface area contributed by atoms with Gasteiger partial charge < -0.3 is 10.3 Å². The molecule has 0 aliphatic carbocycles. The molecule has 1 aromatic carbocycles. The van der Waals surface area contributed by atoms with Crippen LogP contribution in [0.25, 0.3) is 11.0 Å². The molecule has 0 bridgehead atoms. The number of allylic oxidation sites excluding steroid dienone is 1. The van der Waals surface area contributed by atoms with Crippen molar-refractivity contribution in [1.29, 1.82) is 0 Å². The van der Waals surface area contributed by atoms with Crippen LogP contribution in [0.2, 0.25) is 5.02 Å². The average molecular weight is 250 g/mol. The molecular formula is C13H16ClN3. The van der Waals surface area contributed by atoms with Gasteiger partial charge in [0.15, 0.2) is 0 Å². The standard InChI is InChI=1S/C13H16ClN3/c1-9(2)8-17-12-4-3-10(14)7-11(12)16-13(17)5-6-15/h3-4,7H,1,5-6,8,15H2,2H3. The van der Waals surface area contributed by atoms with E-state index in [9.17, 15) is 0 Å². The molecule has 1 heterocycles. The molecule has 90 valence electrons. The summed E-state index contributed by atoms with van der Waals surface area (Å²) in [6.07, 6.45) is 0.763. The highest BCUT2D eigenvalue weighted by Crippen LogP contribution is 2.21. The molecule has 0 fully saturated rings. The lowest BCUT2D eigenvalue weighted by Gasteiger charge is -2.08. The van der Waals surface area contributed by atoms with Crippen molar-refractivity contribution in [2.24, 2.45) is 5.73 Å². The Morgan fingerprint density at radius 3 is 2.94 bits per heavy atom. The molecule has 0 amide bonds. The summed E-state index contributed by atoms with van der Waals surface area (Å²) < 4.78 is 2.15. The van der Waals surface area contributed by atoms with Crippen LogP contribution in [0.15, 0.2) is 30.4 Å². The third-order valence-corrected chi connectivity index (χ3v) is 2.82. The van der Waals surface area contributed by atoms with Crippen LogP contribution in [0.1, 0.15) is 12.7 Å². The van der Waals surface area contributed by atoms with E-state index in [2.05, 4.69) is 16.1 Å². The Kier molecular flexibility index (Phi) is 3.50. The van der Waals surface area contributed by atoms with Gasteiger partial charge in [-0.25, -0.2) is 4.98 Å². The van der Waals surface area contributed by atoms with E-state index in [1.807, 2.05) is 25.1 Å². The second-order valence-corrected chi connectivity index (χ2v) is 4.68. The van der Waals surface area contributed by atoms with Crippen LogP contribution >= 0.6 is 11.6 Å². The first-order chi connectivity index (χ1) is 8.11. The van der Waals surface area contributed by atoms with Gasteiger partial charge in [-0.15, -0.1) is 0 Å². The molecule has 2 rings (SSSR count). The summed E-state index contributed by atoms with van der Waals surface area (Å²) in [6.45, 7) is 7.32. The van der Waals surface area contributed by atoms with Crippen LogP contribution in [0.4, 0.5) is 0 Å². The van der Waals surface area contributed by atoms with E-state index in [0.717, 1.165) is 35.4 Å². The number of halogens is 1. The Labute approximate surface area is 106 Å². The van der Waals surface area contributed by atoms with Crippen molar-refractivity contribution < 1.29 is 0 Å². The van der Waals surface area contributed by atoms with E-state index >= 15 is 0 Å². The van der Waals surface area contributed by atoms with E-state index in [4.69, 9.17) is 17.3 Å². The smallest absolute Gasteiger partial charge is 0.111 e. The zero-order valence-corrected chi connectivity index (χ0v) is 10.7. The summed E-state index contributed by atoms with van der Waals surface area (Å²) >= 11 is 5.97. The zero-order valence-electron chi connectivity index (χ0n) is 9.91. The minimum Gasteiger partial charge on any atom is -0.330 e. The van der Waals surface area contributed by atoms with Gasteiger partial charge in [-0.3, -0.25) is 0 Å². The van der Waals surface area contributed by atoms with Gasteiger partial charge in [0.1, 0.15) is 5.82 Å². The van der Waals surface area contributed by atoms with E-state index < -0.39 is 0 Å². The summed E-state index contributed by atoms with van der Waals surface area (Å²) in [5, 5.41) is 0.705. The molecule has 0 spiro atoms. The van der Waals surface area contributed by atoms with Crippen molar-refractivity contribution >= 4 is 22.6 Å². The monoisotopic (exact) mass is 249 g/mol. The first kappa shape index (κ1) is 12.1. The van der Waals surface area contributed by atoms with Crippen LogP contribution in [0.5, 0.6) is 0 Å². The predicted octanol–water partition coefficient (Wildman–Crippen LogP) is 2.77. The summed E-state index contributed by atoms with van der Waals surface area (Å²) in [5.74, 6) is 0.993. The second kappa shape index (κ2) is 4.90. The van der Waals surface area contributed by atoms with Crippen molar-refractivity contribution in [3.05, 3.63) is 41.2 Å². The molecule has 17 heavy (non-hydrogen) atoms. The third-order valence-electron chi connectivity index (χ3n) is 2.59. The van der Waals surface area contributed by atoms with Crippen molar-refractivity contribution in [1.82, 2.24) is 9.55 Å². The maximum absolute atomic E-state index is 5.97. The number of hydrogen-bond donors (Lipinski definition) is 1.